The number of hydrogen-bond donors (Lipinski definition) is 1. The molecule has 0 aliphatic carbocycles. The quantitative estimate of drug-likeness (QED) is 0.283. The standard InChI is InChI=1S/C19H17Cl2N5O4S/c1-11-7-13(4-6-14(11)20)30-9-17-23-24-19(25(17)2)31-10-18(27)22-12-3-5-15(21)16(8-12)26(28)29/h3-8H,9-10H2,1-2H3,(H,22,27). The molecule has 1 N–H and O–H groups in total. The maximum Gasteiger partial charge on any atom is 0.289 e. The molecule has 0 unspecified atom stereocenters. The van der Waals surface area contributed by atoms with Crippen LogP contribution in [0.2, 0.25) is 10.0 Å². The highest BCUT2D eigenvalue weighted by atomic mass is 35.5. The molecular weight excluding hydrogens is 465 g/mol. The molecule has 162 valence electrons. The summed E-state index contributed by atoms with van der Waals surface area (Å²) >= 11 is 13.0. The number of rotatable bonds is 8. The molecule has 0 fully saturated rings. The summed E-state index contributed by atoms with van der Waals surface area (Å²) in [5.74, 6) is 0.943. The first kappa shape index (κ1) is 22.9. The zero-order valence-corrected chi connectivity index (χ0v) is 18.8. The number of thioether (sulfide) groups is 1. The monoisotopic (exact) mass is 481 g/mol. The van der Waals surface area contributed by atoms with Crippen LogP contribution in [-0.2, 0) is 18.4 Å². The molecule has 1 aromatic heterocycles. The number of carbonyl (C=O) groups is 1. The molecular formula is C19H17Cl2N5O4S. The summed E-state index contributed by atoms with van der Waals surface area (Å²) in [6.07, 6.45) is 0. The number of nitrogens with one attached hydrogen (secondary N) is 1. The molecule has 0 saturated carbocycles. The van der Waals surface area contributed by atoms with Crippen LogP contribution in [0.25, 0.3) is 0 Å². The topological polar surface area (TPSA) is 112 Å². The Morgan fingerprint density at radius 1 is 1.23 bits per heavy atom. The van der Waals surface area contributed by atoms with Crippen molar-refractivity contribution in [1.82, 2.24) is 14.8 Å². The number of anilines is 1. The third kappa shape index (κ3) is 5.87. The number of nitro benzene ring substituents is 1. The van der Waals surface area contributed by atoms with Gasteiger partial charge in [0.1, 0.15) is 17.4 Å². The fourth-order valence-electron chi connectivity index (χ4n) is 2.51. The highest BCUT2D eigenvalue weighted by Crippen LogP contribution is 2.27. The molecule has 0 aliphatic heterocycles. The van der Waals surface area contributed by atoms with Gasteiger partial charge in [-0.25, -0.2) is 0 Å². The fraction of sp³-hybridized carbons (Fsp3) is 0.211. The van der Waals surface area contributed by atoms with Crippen molar-refractivity contribution in [2.45, 2.75) is 18.7 Å². The Bertz CT molecular complexity index is 1140. The third-order valence-corrected chi connectivity index (χ3v) is 5.95. The van der Waals surface area contributed by atoms with Crippen LogP contribution in [0.4, 0.5) is 11.4 Å². The second kappa shape index (κ2) is 9.99. The van der Waals surface area contributed by atoms with E-state index in [1.807, 2.05) is 13.0 Å². The van der Waals surface area contributed by atoms with Crippen LogP contribution in [0.1, 0.15) is 11.4 Å². The molecule has 2 aromatic carbocycles. The minimum absolute atomic E-state index is 0.0000298. The Hall–Kier alpha value is -2.82. The van der Waals surface area contributed by atoms with Crippen LogP contribution in [0.3, 0.4) is 0 Å². The number of aryl methyl sites for hydroxylation is 1. The summed E-state index contributed by atoms with van der Waals surface area (Å²) in [5, 5.41) is 22.9. The predicted molar refractivity (Wildman–Crippen MR) is 119 cm³/mol. The normalized spacial score (nSPS) is 10.7. The second-order valence-electron chi connectivity index (χ2n) is 6.42. The van der Waals surface area contributed by atoms with Crippen LogP contribution in [-0.4, -0.2) is 31.3 Å². The number of carbonyl (C=O) groups excluding carboxylic acids is 1. The van der Waals surface area contributed by atoms with E-state index in [1.54, 1.807) is 23.7 Å². The van der Waals surface area contributed by atoms with Gasteiger partial charge in [0.05, 0.1) is 10.7 Å². The van der Waals surface area contributed by atoms with E-state index in [0.29, 0.717) is 21.8 Å². The highest BCUT2D eigenvalue weighted by molar-refractivity contribution is 7.99. The molecule has 12 heteroatoms. The molecule has 0 atom stereocenters. The van der Waals surface area contributed by atoms with E-state index in [-0.39, 0.29) is 34.7 Å². The lowest BCUT2D eigenvalue weighted by Gasteiger charge is -2.08. The maximum absolute atomic E-state index is 12.2. The number of halogens is 2. The average molecular weight is 482 g/mol. The van der Waals surface area contributed by atoms with E-state index < -0.39 is 4.92 Å². The first-order chi connectivity index (χ1) is 14.7. The van der Waals surface area contributed by atoms with Gasteiger partial charge in [0.25, 0.3) is 5.69 Å². The average Bonchev–Trinajstić information content (AvgIpc) is 3.08. The molecule has 1 amide bonds. The molecule has 0 radical (unpaired) electrons. The zero-order chi connectivity index (χ0) is 22.5. The summed E-state index contributed by atoms with van der Waals surface area (Å²) in [6, 6.07) is 9.43. The fourth-order valence-corrected chi connectivity index (χ4v) is 3.54. The number of nitro groups is 1. The summed E-state index contributed by atoms with van der Waals surface area (Å²) in [4.78, 5) is 22.6. The molecule has 3 rings (SSSR count). The first-order valence-corrected chi connectivity index (χ1v) is 10.6. The number of benzene rings is 2. The van der Waals surface area contributed by atoms with Gasteiger partial charge in [-0.05, 0) is 42.8 Å². The number of amides is 1. The van der Waals surface area contributed by atoms with Crippen molar-refractivity contribution in [3.8, 4) is 5.75 Å². The van der Waals surface area contributed by atoms with E-state index in [1.165, 1.54) is 30.0 Å². The summed E-state index contributed by atoms with van der Waals surface area (Å²) in [7, 11) is 1.77. The Morgan fingerprint density at radius 3 is 2.68 bits per heavy atom. The van der Waals surface area contributed by atoms with Gasteiger partial charge in [0.2, 0.25) is 5.91 Å². The van der Waals surface area contributed by atoms with Crippen molar-refractivity contribution < 1.29 is 14.5 Å². The molecule has 31 heavy (non-hydrogen) atoms. The molecule has 3 aromatic rings. The zero-order valence-electron chi connectivity index (χ0n) is 16.5. The molecule has 0 saturated heterocycles. The van der Waals surface area contributed by atoms with Crippen LogP contribution in [0.15, 0.2) is 41.6 Å². The van der Waals surface area contributed by atoms with Gasteiger partial charge in [-0.15, -0.1) is 10.2 Å². The number of aromatic nitrogens is 3. The summed E-state index contributed by atoms with van der Waals surface area (Å²) < 4.78 is 7.46. The molecule has 0 aliphatic rings. The van der Waals surface area contributed by atoms with Gasteiger partial charge >= 0.3 is 0 Å². The van der Waals surface area contributed by atoms with Gasteiger partial charge in [-0.2, -0.15) is 0 Å². The maximum atomic E-state index is 12.2. The Labute approximate surface area is 191 Å². The predicted octanol–water partition coefficient (Wildman–Crippen LogP) is 4.65. The van der Waals surface area contributed by atoms with E-state index in [4.69, 9.17) is 27.9 Å². The Kier molecular flexibility index (Phi) is 7.37. The Balaban J connectivity index is 1.55. The van der Waals surface area contributed by atoms with Crippen molar-refractivity contribution in [3.63, 3.8) is 0 Å². The SMILES string of the molecule is Cc1cc(OCc2nnc(SCC(=O)Nc3ccc(Cl)c([N+](=O)[O-])c3)n2C)ccc1Cl. The summed E-state index contributed by atoms with van der Waals surface area (Å²) in [6.45, 7) is 2.09. The van der Waals surface area contributed by atoms with Crippen molar-refractivity contribution in [3.05, 3.63) is 67.9 Å². The molecule has 9 nitrogen and oxygen atoms in total. The first-order valence-electron chi connectivity index (χ1n) is 8.88. The van der Waals surface area contributed by atoms with Crippen LogP contribution in [0, 0.1) is 17.0 Å². The van der Waals surface area contributed by atoms with Crippen LogP contribution < -0.4 is 10.1 Å². The largest absolute Gasteiger partial charge is 0.486 e. The van der Waals surface area contributed by atoms with E-state index in [9.17, 15) is 14.9 Å². The Morgan fingerprint density at radius 2 is 1.97 bits per heavy atom. The van der Waals surface area contributed by atoms with Crippen molar-refractivity contribution in [2.24, 2.45) is 7.05 Å². The van der Waals surface area contributed by atoms with Crippen LogP contribution in [0.5, 0.6) is 5.75 Å². The lowest BCUT2D eigenvalue weighted by atomic mass is 10.2. The highest BCUT2D eigenvalue weighted by Gasteiger charge is 2.15. The van der Waals surface area contributed by atoms with E-state index in [2.05, 4.69) is 15.5 Å². The molecule has 0 bridgehead atoms. The minimum Gasteiger partial charge on any atom is -0.486 e. The number of hydrogen-bond acceptors (Lipinski definition) is 7. The summed E-state index contributed by atoms with van der Waals surface area (Å²) in [5.41, 5.74) is 0.915. The van der Waals surface area contributed by atoms with Crippen LogP contribution >= 0.6 is 35.0 Å². The van der Waals surface area contributed by atoms with Crippen molar-refractivity contribution in [1.29, 1.82) is 0 Å². The van der Waals surface area contributed by atoms with E-state index >= 15 is 0 Å². The minimum atomic E-state index is -0.610. The number of nitrogens with zero attached hydrogens (tertiary/aromatic N) is 4. The lowest BCUT2D eigenvalue weighted by molar-refractivity contribution is -0.384. The van der Waals surface area contributed by atoms with Gasteiger partial charge < -0.3 is 14.6 Å². The van der Waals surface area contributed by atoms with E-state index in [0.717, 1.165) is 5.56 Å². The smallest absolute Gasteiger partial charge is 0.289 e. The van der Waals surface area contributed by atoms with Gasteiger partial charge in [-0.3, -0.25) is 14.9 Å². The van der Waals surface area contributed by atoms with Gasteiger partial charge in [0.15, 0.2) is 11.0 Å². The second-order valence-corrected chi connectivity index (χ2v) is 8.17. The number of ether oxygens (including phenoxy) is 1. The third-order valence-electron chi connectivity index (χ3n) is 4.18. The van der Waals surface area contributed by atoms with Crippen molar-refractivity contribution >= 4 is 52.2 Å². The van der Waals surface area contributed by atoms with Gasteiger partial charge in [-0.1, -0.05) is 35.0 Å². The van der Waals surface area contributed by atoms with Gasteiger partial charge in [0, 0.05) is 23.8 Å². The lowest BCUT2D eigenvalue weighted by Crippen LogP contribution is -2.14. The molecule has 0 spiro atoms. The van der Waals surface area contributed by atoms with Crippen molar-refractivity contribution in [2.75, 3.05) is 11.1 Å². The molecule has 1 heterocycles.